The molecule has 4 heterocycles. The molecule has 1 amide bonds. The van der Waals surface area contributed by atoms with Gasteiger partial charge in [0.15, 0.2) is 17.2 Å². The molecule has 4 aromatic rings. The third kappa shape index (κ3) is 5.51. The second-order valence-corrected chi connectivity index (χ2v) is 9.44. The van der Waals surface area contributed by atoms with E-state index < -0.39 is 12.4 Å². The van der Waals surface area contributed by atoms with Gasteiger partial charge in [-0.1, -0.05) is 13.8 Å². The van der Waals surface area contributed by atoms with E-state index in [0.29, 0.717) is 54.0 Å². The quantitative estimate of drug-likeness (QED) is 0.278. The van der Waals surface area contributed by atoms with E-state index in [1.54, 1.807) is 28.9 Å². The molecule has 4 rings (SSSR count). The van der Waals surface area contributed by atoms with Crippen molar-refractivity contribution in [1.82, 2.24) is 34.3 Å². The number of carbonyl (C=O) groups excluding carboxylic acids is 2. The summed E-state index contributed by atoms with van der Waals surface area (Å²) in [6.45, 7) is 5.32. The van der Waals surface area contributed by atoms with Gasteiger partial charge in [0, 0.05) is 43.2 Å². The molecule has 0 fully saturated rings. The van der Waals surface area contributed by atoms with E-state index in [-0.39, 0.29) is 34.8 Å². The molecule has 39 heavy (non-hydrogen) atoms. The zero-order chi connectivity index (χ0) is 28.3. The lowest BCUT2D eigenvalue weighted by atomic mass is 10.0. The van der Waals surface area contributed by atoms with Crippen molar-refractivity contribution in [1.29, 1.82) is 0 Å². The first-order chi connectivity index (χ1) is 18.7. The maximum atomic E-state index is 15.1. The molecular weight excluding hydrogens is 503 g/mol. The van der Waals surface area contributed by atoms with Crippen LogP contribution in [0.5, 0.6) is 0 Å². The number of carbonyl (C=O) groups is 2. The Kier molecular flexibility index (Phi) is 8.34. The summed E-state index contributed by atoms with van der Waals surface area (Å²) in [5, 5.41) is 18.0. The Balaban J connectivity index is 1.73. The number of aliphatic hydroxyl groups is 1. The van der Waals surface area contributed by atoms with Gasteiger partial charge in [-0.15, -0.1) is 0 Å². The molecule has 0 unspecified atom stereocenters. The van der Waals surface area contributed by atoms with Crippen LogP contribution in [-0.4, -0.2) is 70.3 Å². The number of nitrogens with zero attached hydrogens (tertiary/aromatic N) is 7. The molecule has 0 aliphatic rings. The van der Waals surface area contributed by atoms with Crippen LogP contribution in [0.1, 0.15) is 56.1 Å². The minimum atomic E-state index is -0.560. The van der Waals surface area contributed by atoms with Crippen LogP contribution in [0.15, 0.2) is 30.7 Å². The molecule has 4 aromatic heterocycles. The first-order valence-corrected chi connectivity index (χ1v) is 12.9. The smallest absolute Gasteiger partial charge is 0.248 e. The Hall–Kier alpha value is -4.19. The van der Waals surface area contributed by atoms with Crippen LogP contribution >= 0.6 is 0 Å². The number of aryl methyl sites for hydroxylation is 2. The number of ketones is 1. The number of halogens is 1. The van der Waals surface area contributed by atoms with E-state index in [4.69, 9.17) is 10.7 Å². The van der Waals surface area contributed by atoms with E-state index in [1.807, 2.05) is 13.8 Å². The number of pyridine rings is 1. The molecule has 0 bridgehead atoms. The van der Waals surface area contributed by atoms with E-state index in [2.05, 4.69) is 15.2 Å². The summed E-state index contributed by atoms with van der Waals surface area (Å²) < 4.78 is 18.0. The van der Waals surface area contributed by atoms with Gasteiger partial charge in [0.25, 0.3) is 0 Å². The average molecular weight is 537 g/mol. The van der Waals surface area contributed by atoms with Crippen LogP contribution in [0.4, 0.5) is 10.2 Å². The maximum absolute atomic E-state index is 15.1. The number of rotatable bonds is 11. The number of nitrogen functional groups attached to an aromatic ring is 1. The molecule has 3 N–H and O–H groups in total. The topological polar surface area (TPSA) is 145 Å². The number of fused-ring (bicyclic) bond motifs is 1. The highest BCUT2D eigenvalue weighted by atomic mass is 19.1. The van der Waals surface area contributed by atoms with Gasteiger partial charge in [0.2, 0.25) is 5.91 Å². The summed E-state index contributed by atoms with van der Waals surface area (Å²) in [6.07, 6.45) is 7.05. The van der Waals surface area contributed by atoms with Crippen LogP contribution < -0.4 is 5.73 Å². The zero-order valence-corrected chi connectivity index (χ0v) is 22.6. The fourth-order valence-corrected chi connectivity index (χ4v) is 4.87. The molecule has 0 aliphatic heterocycles. The van der Waals surface area contributed by atoms with Crippen LogP contribution in [0.2, 0.25) is 0 Å². The SMILES string of the molecule is CCCN(C(=O)CO)[C@H](CC)CCc1nc2c(-c3cnc(-c4ccn(C)n4)c(F)c3)cnn2c(N)c1C(C)=O. The second-order valence-electron chi connectivity index (χ2n) is 9.44. The highest BCUT2D eigenvalue weighted by Gasteiger charge is 2.25. The van der Waals surface area contributed by atoms with Crippen molar-refractivity contribution in [3.63, 3.8) is 0 Å². The normalized spacial score (nSPS) is 12.2. The van der Waals surface area contributed by atoms with Crippen LogP contribution in [0.3, 0.4) is 0 Å². The Labute approximate surface area is 225 Å². The molecule has 0 aromatic carbocycles. The van der Waals surface area contributed by atoms with Crippen molar-refractivity contribution in [2.75, 3.05) is 18.9 Å². The van der Waals surface area contributed by atoms with Gasteiger partial charge in [0.05, 0.1) is 17.5 Å². The van der Waals surface area contributed by atoms with Gasteiger partial charge in [-0.05, 0) is 44.7 Å². The summed E-state index contributed by atoms with van der Waals surface area (Å²) >= 11 is 0. The van der Waals surface area contributed by atoms with Crippen molar-refractivity contribution in [2.45, 2.75) is 52.5 Å². The lowest BCUT2D eigenvalue weighted by molar-refractivity contribution is -0.136. The predicted octanol–water partition coefficient (Wildman–Crippen LogP) is 3.06. The summed E-state index contributed by atoms with van der Waals surface area (Å²) in [5.41, 5.74) is 9.00. The molecule has 0 saturated heterocycles. The highest BCUT2D eigenvalue weighted by molar-refractivity contribution is 6.00. The lowest BCUT2D eigenvalue weighted by Crippen LogP contribution is -2.42. The van der Waals surface area contributed by atoms with Crippen LogP contribution in [0.25, 0.3) is 28.2 Å². The second kappa shape index (κ2) is 11.7. The minimum absolute atomic E-state index is 0.127. The summed E-state index contributed by atoms with van der Waals surface area (Å²) in [6, 6.07) is 2.88. The number of Topliss-reactive ketones (excluding diaryl/α,β-unsaturated/α-hetero) is 1. The number of amides is 1. The molecule has 0 aliphatic carbocycles. The molecule has 12 heteroatoms. The zero-order valence-electron chi connectivity index (χ0n) is 22.6. The number of hydrogen-bond donors (Lipinski definition) is 2. The number of aromatic nitrogens is 6. The Morgan fingerprint density at radius 3 is 2.62 bits per heavy atom. The molecule has 0 radical (unpaired) electrons. The molecule has 1 atom stereocenters. The van der Waals surface area contributed by atoms with Crippen molar-refractivity contribution in [3.8, 4) is 22.5 Å². The van der Waals surface area contributed by atoms with Gasteiger partial charge in [-0.25, -0.2) is 9.37 Å². The predicted molar refractivity (Wildman–Crippen MR) is 144 cm³/mol. The molecular formula is C27H33FN8O3. The monoisotopic (exact) mass is 536 g/mol. The Morgan fingerprint density at radius 2 is 2.03 bits per heavy atom. The van der Waals surface area contributed by atoms with Gasteiger partial charge >= 0.3 is 0 Å². The van der Waals surface area contributed by atoms with Gasteiger partial charge < -0.3 is 15.7 Å². The van der Waals surface area contributed by atoms with Crippen molar-refractivity contribution < 1.29 is 19.1 Å². The standard InChI is InChI=1S/C27H33FN8O3/c1-5-10-35(23(39)15-37)18(6-2)7-8-21-24(16(3)38)26(29)36-27(32-21)19(14-31-36)17-12-20(28)25(30-13-17)22-9-11-34(4)33-22/h9,11-14,18,37H,5-8,10,15,29H2,1-4H3/t18-/m1/s1. The number of nitrogens with two attached hydrogens (primary N) is 1. The number of anilines is 1. The summed E-state index contributed by atoms with van der Waals surface area (Å²) in [4.78, 5) is 35.7. The third-order valence-electron chi connectivity index (χ3n) is 6.76. The largest absolute Gasteiger partial charge is 0.387 e. The molecule has 11 nitrogen and oxygen atoms in total. The third-order valence-corrected chi connectivity index (χ3v) is 6.76. The lowest BCUT2D eigenvalue weighted by Gasteiger charge is -2.30. The fraction of sp³-hybridized carbons (Fsp3) is 0.407. The van der Waals surface area contributed by atoms with E-state index in [0.717, 1.165) is 6.42 Å². The van der Waals surface area contributed by atoms with Gasteiger partial charge in [-0.2, -0.15) is 14.7 Å². The van der Waals surface area contributed by atoms with E-state index >= 15 is 4.39 Å². The highest BCUT2D eigenvalue weighted by Crippen LogP contribution is 2.30. The van der Waals surface area contributed by atoms with E-state index in [9.17, 15) is 14.7 Å². The van der Waals surface area contributed by atoms with Gasteiger partial charge in [-0.3, -0.25) is 19.3 Å². The summed E-state index contributed by atoms with van der Waals surface area (Å²) in [7, 11) is 1.74. The van der Waals surface area contributed by atoms with Crippen molar-refractivity contribution in [3.05, 3.63) is 47.8 Å². The van der Waals surface area contributed by atoms with Crippen LogP contribution in [-0.2, 0) is 18.3 Å². The molecule has 0 saturated carbocycles. The first-order valence-electron chi connectivity index (χ1n) is 12.9. The van der Waals surface area contributed by atoms with Crippen LogP contribution in [0, 0.1) is 5.82 Å². The first kappa shape index (κ1) is 27.8. The summed E-state index contributed by atoms with van der Waals surface area (Å²) in [5.74, 6) is -1.00. The van der Waals surface area contributed by atoms with Crippen molar-refractivity contribution >= 4 is 23.2 Å². The Bertz CT molecular complexity index is 1510. The fourth-order valence-electron chi connectivity index (χ4n) is 4.87. The molecule has 0 spiro atoms. The number of aliphatic hydroxyl groups excluding tert-OH is 1. The number of hydrogen-bond acceptors (Lipinski definition) is 8. The van der Waals surface area contributed by atoms with E-state index in [1.165, 1.54) is 29.9 Å². The minimum Gasteiger partial charge on any atom is -0.387 e. The van der Waals surface area contributed by atoms with Gasteiger partial charge in [0.1, 0.15) is 23.8 Å². The molecule has 206 valence electrons. The van der Waals surface area contributed by atoms with Crippen molar-refractivity contribution in [2.24, 2.45) is 7.05 Å². The maximum Gasteiger partial charge on any atom is 0.248 e. The average Bonchev–Trinajstić information content (AvgIpc) is 3.54. The Morgan fingerprint density at radius 1 is 1.26 bits per heavy atom.